The number of aromatic nitrogens is 1. The topological polar surface area (TPSA) is 59.5 Å². The van der Waals surface area contributed by atoms with Crippen molar-refractivity contribution < 1.29 is 13.2 Å². The van der Waals surface area contributed by atoms with Crippen molar-refractivity contribution in [1.29, 1.82) is 0 Å². The van der Waals surface area contributed by atoms with Crippen molar-refractivity contribution in [2.45, 2.75) is 39.2 Å². The Labute approximate surface area is 178 Å². The normalized spacial score (nSPS) is 13.5. The highest BCUT2D eigenvalue weighted by Gasteiger charge is 2.21. The van der Waals surface area contributed by atoms with Crippen LogP contribution in [0.3, 0.4) is 0 Å². The summed E-state index contributed by atoms with van der Waals surface area (Å²) < 4.78 is 32.8. The van der Waals surface area contributed by atoms with Crippen molar-refractivity contribution >= 4 is 15.7 Å². The second-order valence-corrected chi connectivity index (χ2v) is 9.64. The third-order valence-electron chi connectivity index (χ3n) is 5.41. The van der Waals surface area contributed by atoms with Gasteiger partial charge in [0.15, 0.2) is 0 Å². The molecule has 156 valence electrons. The van der Waals surface area contributed by atoms with Gasteiger partial charge in [0.25, 0.3) is 0 Å². The van der Waals surface area contributed by atoms with Gasteiger partial charge in [-0.1, -0.05) is 12.1 Å². The zero-order valence-electron chi connectivity index (χ0n) is 17.1. The molecule has 3 aromatic rings. The SMILES string of the molecule is CCS(=O)(=O)N(Cc1ccccn1)c1ccc(Oc2ccc3c(c2)CCCC3)cc1. The molecule has 1 aromatic heterocycles. The van der Waals surface area contributed by atoms with Crippen LogP contribution in [0.5, 0.6) is 11.5 Å². The zero-order chi connectivity index (χ0) is 21.0. The molecule has 0 saturated carbocycles. The lowest BCUT2D eigenvalue weighted by atomic mass is 9.92. The molecule has 0 radical (unpaired) electrons. The van der Waals surface area contributed by atoms with Crippen LogP contribution in [0.15, 0.2) is 66.9 Å². The van der Waals surface area contributed by atoms with Crippen LogP contribution in [0.4, 0.5) is 5.69 Å². The number of benzene rings is 2. The second-order valence-electron chi connectivity index (χ2n) is 7.46. The molecular weight excluding hydrogens is 396 g/mol. The Morgan fingerprint density at radius 2 is 1.67 bits per heavy atom. The fraction of sp³-hybridized carbons (Fsp3) is 0.292. The second kappa shape index (κ2) is 8.88. The minimum Gasteiger partial charge on any atom is -0.457 e. The molecule has 0 aliphatic heterocycles. The van der Waals surface area contributed by atoms with E-state index in [0.29, 0.717) is 17.1 Å². The molecule has 30 heavy (non-hydrogen) atoms. The van der Waals surface area contributed by atoms with Gasteiger partial charge in [-0.2, -0.15) is 0 Å². The molecule has 0 fully saturated rings. The summed E-state index contributed by atoms with van der Waals surface area (Å²) in [6, 6.07) is 19.0. The number of hydrogen-bond acceptors (Lipinski definition) is 4. The van der Waals surface area contributed by atoms with Gasteiger partial charge in [0.2, 0.25) is 10.0 Å². The Hall–Kier alpha value is -2.86. The molecule has 0 atom stereocenters. The first-order valence-electron chi connectivity index (χ1n) is 10.4. The highest BCUT2D eigenvalue weighted by Crippen LogP contribution is 2.30. The van der Waals surface area contributed by atoms with Gasteiger partial charge in [0.1, 0.15) is 11.5 Å². The maximum atomic E-state index is 12.7. The molecule has 0 spiro atoms. The van der Waals surface area contributed by atoms with Gasteiger partial charge in [0, 0.05) is 6.20 Å². The fourth-order valence-electron chi connectivity index (χ4n) is 3.73. The summed E-state index contributed by atoms with van der Waals surface area (Å²) in [5.41, 5.74) is 4.08. The summed E-state index contributed by atoms with van der Waals surface area (Å²) in [7, 11) is -3.44. The lowest BCUT2D eigenvalue weighted by molar-refractivity contribution is 0.480. The number of ether oxygens (including phenoxy) is 1. The maximum Gasteiger partial charge on any atom is 0.235 e. The molecule has 1 aliphatic rings. The molecule has 1 heterocycles. The van der Waals surface area contributed by atoms with Gasteiger partial charge in [-0.15, -0.1) is 0 Å². The summed E-state index contributed by atoms with van der Waals surface area (Å²) in [5.74, 6) is 1.52. The number of hydrogen-bond donors (Lipinski definition) is 0. The molecule has 2 aromatic carbocycles. The van der Waals surface area contributed by atoms with Crippen LogP contribution in [0, 0.1) is 0 Å². The number of sulfonamides is 1. The first kappa shape index (κ1) is 20.4. The average Bonchev–Trinajstić information content (AvgIpc) is 2.79. The van der Waals surface area contributed by atoms with Crippen molar-refractivity contribution in [3.8, 4) is 11.5 Å². The van der Waals surface area contributed by atoms with Crippen molar-refractivity contribution in [3.63, 3.8) is 0 Å². The molecule has 5 nitrogen and oxygen atoms in total. The number of nitrogens with zero attached hydrogens (tertiary/aromatic N) is 2. The van der Waals surface area contributed by atoms with E-state index in [1.54, 1.807) is 25.3 Å². The van der Waals surface area contributed by atoms with Crippen LogP contribution >= 0.6 is 0 Å². The summed E-state index contributed by atoms with van der Waals surface area (Å²) in [5, 5.41) is 0. The van der Waals surface area contributed by atoms with Gasteiger partial charge >= 0.3 is 0 Å². The quantitative estimate of drug-likeness (QED) is 0.531. The van der Waals surface area contributed by atoms with E-state index in [2.05, 4.69) is 17.1 Å². The van der Waals surface area contributed by atoms with Gasteiger partial charge in [-0.25, -0.2) is 8.42 Å². The molecule has 0 saturated heterocycles. The van der Waals surface area contributed by atoms with Crippen LogP contribution < -0.4 is 9.04 Å². The third kappa shape index (κ3) is 4.65. The smallest absolute Gasteiger partial charge is 0.235 e. The average molecular weight is 423 g/mol. The molecule has 0 bridgehead atoms. The van der Waals surface area contributed by atoms with Gasteiger partial charge in [-0.3, -0.25) is 9.29 Å². The number of rotatable bonds is 7. The zero-order valence-corrected chi connectivity index (χ0v) is 17.9. The minimum absolute atomic E-state index is 0.0210. The van der Waals surface area contributed by atoms with Crippen LogP contribution in [-0.4, -0.2) is 19.2 Å². The van der Waals surface area contributed by atoms with Gasteiger partial charge < -0.3 is 4.74 Å². The van der Waals surface area contributed by atoms with Gasteiger partial charge in [-0.05, 0) is 92.3 Å². The van der Waals surface area contributed by atoms with E-state index < -0.39 is 10.0 Å². The Balaban J connectivity index is 1.54. The summed E-state index contributed by atoms with van der Waals surface area (Å²) >= 11 is 0. The van der Waals surface area contributed by atoms with E-state index in [1.807, 2.05) is 36.4 Å². The van der Waals surface area contributed by atoms with E-state index >= 15 is 0 Å². The highest BCUT2D eigenvalue weighted by molar-refractivity contribution is 7.92. The number of aryl methyl sites for hydroxylation is 2. The first-order chi connectivity index (χ1) is 14.5. The predicted molar refractivity (Wildman–Crippen MR) is 119 cm³/mol. The first-order valence-corrected chi connectivity index (χ1v) is 12.0. The molecular formula is C24H26N2O3S. The minimum atomic E-state index is -3.44. The van der Waals surface area contributed by atoms with Crippen molar-refractivity contribution in [1.82, 2.24) is 4.98 Å². The van der Waals surface area contributed by atoms with E-state index in [-0.39, 0.29) is 12.3 Å². The van der Waals surface area contributed by atoms with Crippen LogP contribution in [0.2, 0.25) is 0 Å². The van der Waals surface area contributed by atoms with E-state index in [0.717, 1.165) is 18.6 Å². The largest absolute Gasteiger partial charge is 0.457 e. The van der Waals surface area contributed by atoms with Crippen molar-refractivity contribution in [2.75, 3.05) is 10.1 Å². The van der Waals surface area contributed by atoms with Crippen LogP contribution in [-0.2, 0) is 29.4 Å². The number of pyridine rings is 1. The van der Waals surface area contributed by atoms with Crippen LogP contribution in [0.1, 0.15) is 36.6 Å². The van der Waals surface area contributed by atoms with Crippen molar-refractivity contribution in [3.05, 3.63) is 83.7 Å². The highest BCUT2D eigenvalue weighted by atomic mass is 32.2. The lowest BCUT2D eigenvalue weighted by Gasteiger charge is -2.23. The molecule has 1 aliphatic carbocycles. The van der Waals surface area contributed by atoms with Crippen LogP contribution in [0.25, 0.3) is 0 Å². The monoisotopic (exact) mass is 422 g/mol. The lowest BCUT2D eigenvalue weighted by Crippen LogP contribution is -2.32. The third-order valence-corrected chi connectivity index (χ3v) is 7.15. The summed E-state index contributed by atoms with van der Waals surface area (Å²) in [6.07, 6.45) is 6.39. The molecule has 6 heteroatoms. The Kier molecular flexibility index (Phi) is 6.04. The van der Waals surface area contributed by atoms with Crippen molar-refractivity contribution in [2.24, 2.45) is 0 Å². The van der Waals surface area contributed by atoms with E-state index in [9.17, 15) is 8.42 Å². The molecule has 4 rings (SSSR count). The standard InChI is InChI=1S/C24H26N2O3S/c1-2-30(27,28)26(18-21-9-5-6-16-25-21)22-11-14-23(15-12-22)29-24-13-10-19-7-3-4-8-20(19)17-24/h5-6,9-17H,2-4,7-8,18H2,1H3. The van der Waals surface area contributed by atoms with E-state index in [4.69, 9.17) is 4.74 Å². The Morgan fingerprint density at radius 1 is 0.933 bits per heavy atom. The molecule has 0 amide bonds. The predicted octanol–water partition coefficient (Wildman–Crippen LogP) is 5.11. The Morgan fingerprint density at radius 3 is 2.37 bits per heavy atom. The fourth-order valence-corrected chi connectivity index (χ4v) is 4.82. The number of fused-ring (bicyclic) bond motifs is 1. The molecule has 0 unspecified atom stereocenters. The maximum absolute atomic E-state index is 12.7. The van der Waals surface area contributed by atoms with Gasteiger partial charge in [0.05, 0.1) is 23.7 Å². The number of anilines is 1. The van der Waals surface area contributed by atoms with E-state index in [1.165, 1.54) is 28.3 Å². The Bertz CT molecular complexity index is 1100. The summed E-state index contributed by atoms with van der Waals surface area (Å²) in [4.78, 5) is 4.27. The summed E-state index contributed by atoms with van der Waals surface area (Å²) in [6.45, 7) is 1.84. The molecule has 0 N–H and O–H groups in total.